The van der Waals surface area contributed by atoms with E-state index in [4.69, 9.17) is 10.5 Å². The van der Waals surface area contributed by atoms with Gasteiger partial charge in [0.2, 0.25) is 0 Å². The van der Waals surface area contributed by atoms with Gasteiger partial charge in [-0.05, 0) is 43.5 Å². The van der Waals surface area contributed by atoms with Gasteiger partial charge in [0.15, 0.2) is 0 Å². The lowest BCUT2D eigenvalue weighted by atomic mass is 9.74. The molecule has 1 saturated heterocycles. The Labute approximate surface area is 162 Å². The number of nitrogens with two attached hydrogens (primary N) is 1. The number of hydrogen-bond donors (Lipinski definition) is 1. The second kappa shape index (κ2) is 8.13. The van der Waals surface area contributed by atoms with E-state index in [0.29, 0.717) is 13.2 Å². The summed E-state index contributed by atoms with van der Waals surface area (Å²) in [6.07, 6.45) is 1.87. The summed E-state index contributed by atoms with van der Waals surface area (Å²) < 4.78 is 5.94. The van der Waals surface area contributed by atoms with Gasteiger partial charge in [-0.25, -0.2) is 0 Å². The van der Waals surface area contributed by atoms with Crippen LogP contribution < -0.4 is 10.5 Å². The highest BCUT2D eigenvalue weighted by Gasteiger charge is 2.43. The van der Waals surface area contributed by atoms with Crippen molar-refractivity contribution in [1.29, 1.82) is 0 Å². The van der Waals surface area contributed by atoms with Crippen LogP contribution in [-0.2, 0) is 12.0 Å². The first-order valence-electron chi connectivity index (χ1n) is 9.93. The van der Waals surface area contributed by atoms with Crippen LogP contribution in [0, 0.1) is 6.92 Å². The monoisotopic (exact) mass is 366 g/mol. The first kappa shape index (κ1) is 19.4. The molecule has 2 aromatic rings. The molecule has 0 unspecified atom stereocenters. The summed E-state index contributed by atoms with van der Waals surface area (Å²) in [5, 5.41) is 0. The van der Waals surface area contributed by atoms with Crippen molar-refractivity contribution in [2.45, 2.75) is 45.6 Å². The SMILES string of the molecule is CC.Cc1cccc(C(=O)N2CCC3(CC2)COc2ccc(CN)cc23)c1. The third-order valence-electron chi connectivity index (χ3n) is 5.63. The Morgan fingerprint density at radius 1 is 1.15 bits per heavy atom. The summed E-state index contributed by atoms with van der Waals surface area (Å²) in [5.41, 5.74) is 10.2. The molecule has 0 aromatic heterocycles. The van der Waals surface area contributed by atoms with Crippen LogP contribution in [0.2, 0.25) is 0 Å². The van der Waals surface area contributed by atoms with Crippen LogP contribution in [0.3, 0.4) is 0 Å². The molecule has 1 spiro atoms. The van der Waals surface area contributed by atoms with Gasteiger partial charge in [-0.15, -0.1) is 0 Å². The van der Waals surface area contributed by atoms with E-state index in [-0.39, 0.29) is 11.3 Å². The highest BCUT2D eigenvalue weighted by atomic mass is 16.5. The van der Waals surface area contributed by atoms with Crippen LogP contribution in [0.5, 0.6) is 5.75 Å². The number of benzene rings is 2. The number of aryl methyl sites for hydroxylation is 1. The number of nitrogens with zero attached hydrogens (tertiary/aromatic N) is 1. The molecular formula is C23H30N2O2. The van der Waals surface area contributed by atoms with E-state index in [2.05, 4.69) is 6.07 Å². The molecule has 1 fully saturated rings. The van der Waals surface area contributed by atoms with Gasteiger partial charge in [0, 0.05) is 36.2 Å². The van der Waals surface area contributed by atoms with Crippen molar-refractivity contribution in [2.75, 3.05) is 19.7 Å². The molecular weight excluding hydrogens is 336 g/mol. The Bertz CT molecular complexity index is 808. The number of ether oxygens (including phenoxy) is 1. The zero-order chi connectivity index (χ0) is 19.4. The van der Waals surface area contributed by atoms with Gasteiger partial charge in [0.1, 0.15) is 5.75 Å². The maximum Gasteiger partial charge on any atom is 0.253 e. The third-order valence-corrected chi connectivity index (χ3v) is 5.63. The fourth-order valence-electron chi connectivity index (χ4n) is 4.05. The molecule has 144 valence electrons. The van der Waals surface area contributed by atoms with Crippen molar-refractivity contribution in [3.63, 3.8) is 0 Å². The van der Waals surface area contributed by atoms with Crippen LogP contribution >= 0.6 is 0 Å². The van der Waals surface area contributed by atoms with Gasteiger partial charge in [0.25, 0.3) is 5.91 Å². The number of rotatable bonds is 2. The lowest BCUT2D eigenvalue weighted by molar-refractivity contribution is 0.0646. The van der Waals surface area contributed by atoms with Crippen LogP contribution in [0.15, 0.2) is 42.5 Å². The standard InChI is InChI=1S/C21H24N2O2.C2H6/c1-15-3-2-4-17(11-15)20(24)23-9-7-21(8-10-23)14-25-19-6-5-16(13-22)12-18(19)21;1-2/h2-6,11-12H,7-10,13-14,22H2,1H3;1-2H3. The molecule has 2 aliphatic heterocycles. The second-order valence-electron chi connectivity index (χ2n) is 7.27. The van der Waals surface area contributed by atoms with Crippen LogP contribution in [0.1, 0.15) is 53.7 Å². The summed E-state index contributed by atoms with van der Waals surface area (Å²) in [6.45, 7) is 8.80. The summed E-state index contributed by atoms with van der Waals surface area (Å²) in [4.78, 5) is 14.8. The average molecular weight is 367 g/mol. The molecule has 2 aromatic carbocycles. The first-order valence-corrected chi connectivity index (χ1v) is 9.93. The Morgan fingerprint density at radius 3 is 2.56 bits per heavy atom. The number of hydrogen-bond acceptors (Lipinski definition) is 3. The van der Waals surface area contributed by atoms with E-state index in [0.717, 1.165) is 48.4 Å². The van der Waals surface area contributed by atoms with Crippen molar-refractivity contribution in [2.24, 2.45) is 5.73 Å². The van der Waals surface area contributed by atoms with Crippen LogP contribution in [-0.4, -0.2) is 30.5 Å². The van der Waals surface area contributed by atoms with Gasteiger partial charge in [0.05, 0.1) is 6.61 Å². The number of likely N-dealkylation sites (tertiary alicyclic amines) is 1. The van der Waals surface area contributed by atoms with E-state index in [1.165, 1.54) is 5.56 Å². The minimum absolute atomic E-state index is 0.0316. The molecule has 4 heteroatoms. The maximum absolute atomic E-state index is 12.8. The second-order valence-corrected chi connectivity index (χ2v) is 7.27. The number of carbonyl (C=O) groups excluding carboxylic acids is 1. The molecule has 4 nitrogen and oxygen atoms in total. The van der Waals surface area contributed by atoms with Gasteiger partial charge >= 0.3 is 0 Å². The van der Waals surface area contributed by atoms with Crippen molar-refractivity contribution >= 4 is 5.91 Å². The predicted molar refractivity (Wildman–Crippen MR) is 109 cm³/mol. The molecule has 4 rings (SSSR count). The number of piperidine rings is 1. The summed E-state index contributed by atoms with van der Waals surface area (Å²) in [6, 6.07) is 14.1. The number of fused-ring (bicyclic) bond motifs is 2. The third kappa shape index (κ3) is 3.72. The quantitative estimate of drug-likeness (QED) is 0.872. The van der Waals surface area contributed by atoms with Crippen LogP contribution in [0.4, 0.5) is 0 Å². The zero-order valence-electron chi connectivity index (χ0n) is 16.6. The Balaban J connectivity index is 0.00000102. The van der Waals surface area contributed by atoms with Crippen molar-refractivity contribution < 1.29 is 9.53 Å². The molecule has 2 aliphatic rings. The summed E-state index contributed by atoms with van der Waals surface area (Å²) >= 11 is 0. The normalized spacial score (nSPS) is 17.0. The molecule has 2 N–H and O–H groups in total. The smallest absolute Gasteiger partial charge is 0.253 e. The van der Waals surface area contributed by atoms with E-state index in [1.807, 2.05) is 62.1 Å². The lowest BCUT2D eigenvalue weighted by Crippen LogP contribution is -2.46. The minimum Gasteiger partial charge on any atom is -0.492 e. The maximum atomic E-state index is 12.8. The van der Waals surface area contributed by atoms with Crippen LogP contribution in [0.25, 0.3) is 0 Å². The van der Waals surface area contributed by atoms with Crippen molar-refractivity contribution in [3.05, 3.63) is 64.7 Å². The van der Waals surface area contributed by atoms with E-state index >= 15 is 0 Å². The Kier molecular flexibility index (Phi) is 5.85. The van der Waals surface area contributed by atoms with E-state index < -0.39 is 0 Å². The summed E-state index contributed by atoms with van der Waals surface area (Å²) in [5.74, 6) is 1.11. The van der Waals surface area contributed by atoms with E-state index in [1.54, 1.807) is 0 Å². The van der Waals surface area contributed by atoms with Crippen molar-refractivity contribution in [1.82, 2.24) is 4.90 Å². The first-order chi connectivity index (χ1) is 13.1. The molecule has 0 aliphatic carbocycles. The highest BCUT2D eigenvalue weighted by Crippen LogP contribution is 2.45. The molecule has 0 saturated carbocycles. The molecule has 27 heavy (non-hydrogen) atoms. The van der Waals surface area contributed by atoms with Gasteiger partial charge < -0.3 is 15.4 Å². The largest absolute Gasteiger partial charge is 0.492 e. The zero-order valence-corrected chi connectivity index (χ0v) is 16.6. The van der Waals surface area contributed by atoms with E-state index in [9.17, 15) is 4.79 Å². The number of amides is 1. The minimum atomic E-state index is 0.0316. The van der Waals surface area contributed by atoms with Crippen molar-refractivity contribution in [3.8, 4) is 5.75 Å². The van der Waals surface area contributed by atoms with Gasteiger partial charge in [-0.1, -0.05) is 43.7 Å². The highest BCUT2D eigenvalue weighted by molar-refractivity contribution is 5.94. The topological polar surface area (TPSA) is 55.6 Å². The fourth-order valence-corrected chi connectivity index (χ4v) is 4.05. The Morgan fingerprint density at radius 2 is 1.89 bits per heavy atom. The lowest BCUT2D eigenvalue weighted by Gasteiger charge is -2.38. The molecule has 0 atom stereocenters. The van der Waals surface area contributed by atoms with Gasteiger partial charge in [-0.2, -0.15) is 0 Å². The molecule has 0 bridgehead atoms. The Hall–Kier alpha value is -2.33. The predicted octanol–water partition coefficient (Wildman–Crippen LogP) is 4.05. The average Bonchev–Trinajstić information content (AvgIpc) is 3.07. The molecule has 2 heterocycles. The summed E-state index contributed by atoms with van der Waals surface area (Å²) in [7, 11) is 0. The molecule has 0 radical (unpaired) electrons. The number of carbonyl (C=O) groups is 1. The van der Waals surface area contributed by atoms with Gasteiger partial charge in [-0.3, -0.25) is 4.79 Å². The molecule has 1 amide bonds. The fraction of sp³-hybridized carbons (Fsp3) is 0.435.